The number of rotatable bonds is 6. The molecule has 6 heteroatoms. The number of carboxylic acids is 1. The minimum atomic E-state index is -1.46. The number of carbonyl (C=O) groups excluding carboxylic acids is 2. The number of carboxylic acid groups (broad SMARTS) is 1. The van der Waals surface area contributed by atoms with Crippen molar-refractivity contribution in [3.8, 4) is 0 Å². The fourth-order valence-electron chi connectivity index (χ4n) is 0.881. The average Bonchev–Trinajstić information content (AvgIpc) is 2.24. The van der Waals surface area contributed by atoms with Crippen LogP contribution in [0.25, 0.3) is 0 Å². The molecule has 0 bridgehead atoms. The predicted molar refractivity (Wildman–Crippen MR) is 53.5 cm³/mol. The normalized spacial score (nSPS) is 13.4. The van der Waals surface area contributed by atoms with Gasteiger partial charge in [0.15, 0.2) is 0 Å². The molecule has 0 rings (SSSR count). The molecule has 1 N–H and O–H groups in total. The Bertz CT molecular complexity index is 296. The van der Waals surface area contributed by atoms with E-state index in [0.717, 1.165) is 6.08 Å². The number of hydrogen-bond acceptors (Lipinski definition) is 5. The van der Waals surface area contributed by atoms with Crippen LogP contribution in [-0.2, 0) is 23.9 Å². The fraction of sp³-hybridized carbons (Fsp3) is 0.500. The van der Waals surface area contributed by atoms with Crippen molar-refractivity contribution >= 4 is 17.9 Å². The highest BCUT2D eigenvalue weighted by molar-refractivity contribution is 5.88. The third kappa shape index (κ3) is 4.12. The molecule has 0 saturated heterocycles. The van der Waals surface area contributed by atoms with E-state index in [1.165, 1.54) is 6.92 Å². The van der Waals surface area contributed by atoms with Crippen LogP contribution in [0.15, 0.2) is 12.7 Å². The Morgan fingerprint density at radius 2 is 2.00 bits per heavy atom. The van der Waals surface area contributed by atoms with Crippen molar-refractivity contribution in [3.05, 3.63) is 12.7 Å². The molecule has 0 aromatic heterocycles. The van der Waals surface area contributed by atoms with Gasteiger partial charge in [-0.25, -0.2) is 9.59 Å². The zero-order chi connectivity index (χ0) is 12.7. The van der Waals surface area contributed by atoms with Crippen LogP contribution in [0, 0.1) is 5.92 Å². The van der Waals surface area contributed by atoms with Gasteiger partial charge in [-0.1, -0.05) is 6.58 Å². The molecule has 6 nitrogen and oxygen atoms in total. The molecular formula is C10H14O6. The quantitative estimate of drug-likeness (QED) is 0.523. The first-order valence-electron chi connectivity index (χ1n) is 4.66. The molecular weight excluding hydrogens is 216 g/mol. The monoisotopic (exact) mass is 230 g/mol. The van der Waals surface area contributed by atoms with Gasteiger partial charge in [-0.05, 0) is 13.8 Å². The molecule has 0 fully saturated rings. The van der Waals surface area contributed by atoms with Crippen LogP contribution < -0.4 is 0 Å². The first-order valence-corrected chi connectivity index (χ1v) is 4.66. The van der Waals surface area contributed by atoms with Crippen molar-refractivity contribution in [2.24, 2.45) is 5.92 Å². The molecule has 0 heterocycles. The minimum Gasteiger partial charge on any atom is -0.481 e. The van der Waals surface area contributed by atoms with E-state index in [2.05, 4.69) is 16.1 Å². The van der Waals surface area contributed by atoms with Crippen LogP contribution in [0.2, 0.25) is 0 Å². The maximum atomic E-state index is 11.3. The summed E-state index contributed by atoms with van der Waals surface area (Å²) in [5.74, 6) is -4.18. The summed E-state index contributed by atoms with van der Waals surface area (Å²) in [6, 6.07) is 0. The topological polar surface area (TPSA) is 89.9 Å². The second-order valence-electron chi connectivity index (χ2n) is 2.94. The van der Waals surface area contributed by atoms with Gasteiger partial charge in [0.1, 0.15) is 5.92 Å². The molecule has 0 aromatic rings. The number of carbonyl (C=O) groups is 3. The lowest BCUT2D eigenvalue weighted by Crippen LogP contribution is -2.38. The summed E-state index contributed by atoms with van der Waals surface area (Å²) < 4.78 is 9.23. The Morgan fingerprint density at radius 1 is 1.44 bits per heavy atom. The van der Waals surface area contributed by atoms with E-state index < -0.39 is 29.9 Å². The third-order valence-electron chi connectivity index (χ3n) is 1.77. The summed E-state index contributed by atoms with van der Waals surface area (Å²) in [7, 11) is 0. The summed E-state index contributed by atoms with van der Waals surface area (Å²) in [4.78, 5) is 33.0. The van der Waals surface area contributed by atoms with Gasteiger partial charge in [0.2, 0.25) is 6.10 Å². The van der Waals surface area contributed by atoms with Crippen molar-refractivity contribution in [1.29, 1.82) is 0 Å². The van der Waals surface area contributed by atoms with Crippen LogP contribution in [0.3, 0.4) is 0 Å². The van der Waals surface area contributed by atoms with E-state index in [-0.39, 0.29) is 6.61 Å². The van der Waals surface area contributed by atoms with Crippen molar-refractivity contribution in [2.75, 3.05) is 6.61 Å². The number of hydrogen-bond donors (Lipinski definition) is 1. The number of ether oxygens (including phenoxy) is 2. The van der Waals surface area contributed by atoms with Crippen molar-refractivity contribution < 1.29 is 29.0 Å². The standard InChI is InChI=1S/C10H14O6/c1-4-7(11)16-8(6(3)9(12)13)10(14)15-5-2/h4,6,8H,1,5H2,2-3H3,(H,12,13). The van der Waals surface area contributed by atoms with Crippen LogP contribution in [0.1, 0.15) is 13.8 Å². The van der Waals surface area contributed by atoms with E-state index in [4.69, 9.17) is 5.11 Å². The molecule has 2 unspecified atom stereocenters. The lowest BCUT2D eigenvalue weighted by Gasteiger charge is -2.18. The van der Waals surface area contributed by atoms with E-state index in [1.54, 1.807) is 6.92 Å². The van der Waals surface area contributed by atoms with Crippen molar-refractivity contribution in [1.82, 2.24) is 0 Å². The average molecular weight is 230 g/mol. The van der Waals surface area contributed by atoms with Gasteiger partial charge in [-0.15, -0.1) is 0 Å². The third-order valence-corrected chi connectivity index (χ3v) is 1.77. The van der Waals surface area contributed by atoms with E-state index in [9.17, 15) is 14.4 Å². The summed E-state index contributed by atoms with van der Waals surface area (Å²) in [6.07, 6.45) is -0.608. The molecule has 0 saturated carbocycles. The molecule has 0 radical (unpaired) electrons. The predicted octanol–water partition coefficient (Wildman–Crippen LogP) is 0.368. The Hall–Kier alpha value is -1.85. The summed E-state index contributed by atoms with van der Waals surface area (Å²) in [6.45, 7) is 6.04. The van der Waals surface area contributed by atoms with Crippen LogP contribution in [0.5, 0.6) is 0 Å². The number of esters is 2. The molecule has 16 heavy (non-hydrogen) atoms. The van der Waals surface area contributed by atoms with Crippen LogP contribution >= 0.6 is 0 Å². The summed E-state index contributed by atoms with van der Waals surface area (Å²) in [5, 5.41) is 8.73. The Labute approximate surface area is 92.8 Å². The molecule has 0 spiro atoms. The molecule has 90 valence electrons. The van der Waals surface area contributed by atoms with Crippen molar-refractivity contribution in [2.45, 2.75) is 20.0 Å². The van der Waals surface area contributed by atoms with Gasteiger partial charge >= 0.3 is 17.9 Å². The van der Waals surface area contributed by atoms with Gasteiger partial charge in [0.05, 0.1) is 6.61 Å². The zero-order valence-electron chi connectivity index (χ0n) is 9.13. The molecule has 0 amide bonds. The molecule has 0 aliphatic rings. The van der Waals surface area contributed by atoms with Gasteiger partial charge in [-0.3, -0.25) is 4.79 Å². The zero-order valence-corrected chi connectivity index (χ0v) is 9.13. The first-order chi connectivity index (χ1) is 7.43. The largest absolute Gasteiger partial charge is 0.481 e. The SMILES string of the molecule is C=CC(=O)OC(C(=O)OCC)C(C)C(=O)O. The van der Waals surface area contributed by atoms with Crippen LogP contribution in [0.4, 0.5) is 0 Å². The minimum absolute atomic E-state index is 0.0767. The molecule has 0 aliphatic carbocycles. The maximum absolute atomic E-state index is 11.3. The lowest BCUT2D eigenvalue weighted by molar-refractivity contribution is -0.173. The number of aliphatic carboxylic acids is 1. The second-order valence-corrected chi connectivity index (χ2v) is 2.94. The Balaban J connectivity index is 4.74. The smallest absolute Gasteiger partial charge is 0.348 e. The maximum Gasteiger partial charge on any atom is 0.348 e. The fourth-order valence-corrected chi connectivity index (χ4v) is 0.881. The summed E-state index contributed by atoms with van der Waals surface area (Å²) >= 11 is 0. The van der Waals surface area contributed by atoms with Gasteiger partial charge < -0.3 is 14.6 Å². The van der Waals surface area contributed by atoms with Crippen LogP contribution in [-0.4, -0.2) is 35.7 Å². The molecule has 0 aromatic carbocycles. The van der Waals surface area contributed by atoms with Gasteiger partial charge in [0, 0.05) is 6.08 Å². The second kappa shape index (κ2) is 6.60. The Morgan fingerprint density at radius 3 is 2.38 bits per heavy atom. The highest BCUT2D eigenvalue weighted by atomic mass is 16.6. The first kappa shape index (κ1) is 14.2. The Kier molecular flexibility index (Phi) is 5.84. The molecule has 2 atom stereocenters. The molecule has 0 aliphatic heterocycles. The highest BCUT2D eigenvalue weighted by Crippen LogP contribution is 2.10. The van der Waals surface area contributed by atoms with E-state index in [0.29, 0.717) is 0 Å². The van der Waals surface area contributed by atoms with Gasteiger partial charge in [0.25, 0.3) is 0 Å². The van der Waals surface area contributed by atoms with Crippen molar-refractivity contribution in [3.63, 3.8) is 0 Å². The van der Waals surface area contributed by atoms with Gasteiger partial charge in [-0.2, -0.15) is 0 Å². The lowest BCUT2D eigenvalue weighted by atomic mass is 10.1. The summed E-state index contributed by atoms with van der Waals surface area (Å²) in [5.41, 5.74) is 0. The van der Waals surface area contributed by atoms with E-state index in [1.807, 2.05) is 0 Å². The highest BCUT2D eigenvalue weighted by Gasteiger charge is 2.34. The van der Waals surface area contributed by atoms with E-state index >= 15 is 0 Å².